The lowest BCUT2D eigenvalue weighted by atomic mass is 9.78. The maximum absolute atomic E-state index is 14.7. The van der Waals surface area contributed by atoms with Crippen molar-refractivity contribution in [1.82, 2.24) is 4.98 Å². The van der Waals surface area contributed by atoms with Gasteiger partial charge in [-0.3, -0.25) is 4.98 Å². The Bertz CT molecular complexity index is 729. The molecule has 0 spiro atoms. The predicted octanol–water partition coefficient (Wildman–Crippen LogP) is 8.47. The number of aryl methyl sites for hydroxylation is 1. The molecule has 0 bridgehead atoms. The molecule has 1 fully saturated rings. The SMILES string of the molecule is CCCCCCCCc1ccc(-c2ccc([C@H]3CC[C@H](CC)CC3)cn2)c(F)c1. The molecule has 0 amide bonds. The molecule has 2 heteroatoms. The van der Waals surface area contributed by atoms with Gasteiger partial charge in [0.25, 0.3) is 0 Å². The number of unbranched alkanes of at least 4 members (excludes halogenated alkanes) is 5. The molecular formula is C27H38FN. The van der Waals surface area contributed by atoms with Crippen molar-refractivity contribution in [2.75, 3.05) is 0 Å². The van der Waals surface area contributed by atoms with Gasteiger partial charge in [-0.2, -0.15) is 0 Å². The Hall–Kier alpha value is -1.70. The average Bonchev–Trinajstić information content (AvgIpc) is 2.76. The van der Waals surface area contributed by atoms with Gasteiger partial charge in [0.15, 0.2) is 0 Å². The Morgan fingerprint density at radius 1 is 0.897 bits per heavy atom. The van der Waals surface area contributed by atoms with Crippen LogP contribution in [0.3, 0.4) is 0 Å². The Balaban J connectivity index is 1.55. The normalized spacial score (nSPS) is 19.4. The van der Waals surface area contributed by atoms with Crippen molar-refractivity contribution >= 4 is 0 Å². The molecule has 0 aliphatic heterocycles. The second kappa shape index (κ2) is 11.5. The second-order valence-electron chi connectivity index (χ2n) is 8.93. The Kier molecular flexibility index (Phi) is 8.70. The highest BCUT2D eigenvalue weighted by Gasteiger charge is 2.21. The predicted molar refractivity (Wildman–Crippen MR) is 122 cm³/mol. The fourth-order valence-electron chi connectivity index (χ4n) is 4.74. The van der Waals surface area contributed by atoms with Crippen LogP contribution in [0.15, 0.2) is 36.5 Å². The van der Waals surface area contributed by atoms with E-state index in [1.807, 2.05) is 18.3 Å². The zero-order chi connectivity index (χ0) is 20.5. The van der Waals surface area contributed by atoms with Gasteiger partial charge >= 0.3 is 0 Å². The van der Waals surface area contributed by atoms with Crippen LogP contribution in [0.4, 0.5) is 4.39 Å². The van der Waals surface area contributed by atoms with Crippen LogP contribution in [0, 0.1) is 11.7 Å². The summed E-state index contributed by atoms with van der Waals surface area (Å²) in [5, 5.41) is 0. The number of nitrogens with zero attached hydrogens (tertiary/aromatic N) is 1. The van der Waals surface area contributed by atoms with Gasteiger partial charge in [-0.1, -0.05) is 64.5 Å². The lowest BCUT2D eigenvalue weighted by Gasteiger charge is -2.27. The lowest BCUT2D eigenvalue weighted by molar-refractivity contribution is 0.318. The number of pyridine rings is 1. The molecule has 0 N–H and O–H groups in total. The van der Waals surface area contributed by atoms with Gasteiger partial charge in [0.1, 0.15) is 5.82 Å². The molecule has 1 aliphatic rings. The summed E-state index contributed by atoms with van der Waals surface area (Å²) in [5.74, 6) is 1.39. The van der Waals surface area contributed by atoms with E-state index in [9.17, 15) is 4.39 Å². The van der Waals surface area contributed by atoms with Crippen LogP contribution in [-0.4, -0.2) is 4.98 Å². The van der Waals surface area contributed by atoms with Gasteiger partial charge < -0.3 is 0 Å². The smallest absolute Gasteiger partial charge is 0.132 e. The van der Waals surface area contributed by atoms with E-state index < -0.39 is 0 Å². The van der Waals surface area contributed by atoms with Gasteiger partial charge in [0.05, 0.1) is 5.69 Å². The van der Waals surface area contributed by atoms with Gasteiger partial charge in [-0.25, -0.2) is 4.39 Å². The van der Waals surface area contributed by atoms with Gasteiger partial charge in [0, 0.05) is 11.8 Å². The third kappa shape index (κ3) is 6.39. The first kappa shape index (κ1) is 22.0. The summed E-state index contributed by atoms with van der Waals surface area (Å²) >= 11 is 0. The summed E-state index contributed by atoms with van der Waals surface area (Å²) in [4.78, 5) is 4.62. The largest absolute Gasteiger partial charge is 0.256 e. The zero-order valence-electron chi connectivity index (χ0n) is 18.4. The van der Waals surface area contributed by atoms with Gasteiger partial charge in [0.2, 0.25) is 0 Å². The van der Waals surface area contributed by atoms with E-state index in [1.54, 1.807) is 6.07 Å². The van der Waals surface area contributed by atoms with Crippen LogP contribution in [0.2, 0.25) is 0 Å². The summed E-state index contributed by atoms with van der Waals surface area (Å²) in [6, 6.07) is 9.88. The molecule has 29 heavy (non-hydrogen) atoms. The van der Waals surface area contributed by atoms with E-state index >= 15 is 0 Å². The van der Waals surface area contributed by atoms with E-state index in [-0.39, 0.29) is 5.82 Å². The molecule has 3 rings (SSSR count). The summed E-state index contributed by atoms with van der Waals surface area (Å²) in [6.45, 7) is 4.54. The van der Waals surface area contributed by atoms with Crippen LogP contribution in [0.1, 0.15) is 102 Å². The van der Waals surface area contributed by atoms with Crippen molar-refractivity contribution in [2.45, 2.75) is 96.8 Å². The highest BCUT2D eigenvalue weighted by molar-refractivity contribution is 5.60. The molecule has 1 nitrogen and oxygen atoms in total. The van der Waals surface area contributed by atoms with Crippen LogP contribution >= 0.6 is 0 Å². The number of halogens is 1. The lowest BCUT2D eigenvalue weighted by Crippen LogP contribution is -2.12. The zero-order valence-corrected chi connectivity index (χ0v) is 18.4. The quantitative estimate of drug-likeness (QED) is 0.368. The van der Waals surface area contributed by atoms with Crippen LogP contribution < -0.4 is 0 Å². The molecule has 0 unspecified atom stereocenters. The fraction of sp³-hybridized carbons (Fsp3) is 0.593. The van der Waals surface area contributed by atoms with Crippen molar-refractivity contribution in [1.29, 1.82) is 0 Å². The maximum atomic E-state index is 14.7. The second-order valence-corrected chi connectivity index (χ2v) is 8.93. The fourth-order valence-corrected chi connectivity index (χ4v) is 4.74. The summed E-state index contributed by atoms with van der Waals surface area (Å²) in [5.41, 5.74) is 3.80. The molecule has 0 radical (unpaired) electrons. The van der Waals surface area contributed by atoms with Crippen molar-refractivity contribution < 1.29 is 4.39 Å². The number of aromatic nitrogens is 1. The molecule has 2 aromatic rings. The Labute approximate surface area is 177 Å². The third-order valence-electron chi connectivity index (χ3n) is 6.81. The third-order valence-corrected chi connectivity index (χ3v) is 6.81. The monoisotopic (exact) mass is 395 g/mol. The first-order chi connectivity index (χ1) is 14.2. The van der Waals surface area contributed by atoms with Crippen molar-refractivity contribution in [3.8, 4) is 11.3 Å². The van der Waals surface area contributed by atoms with Crippen LogP contribution in [0.25, 0.3) is 11.3 Å². The van der Waals surface area contributed by atoms with Crippen LogP contribution in [0.5, 0.6) is 0 Å². The highest BCUT2D eigenvalue weighted by atomic mass is 19.1. The molecule has 158 valence electrons. The van der Waals surface area contributed by atoms with Gasteiger partial charge in [-0.15, -0.1) is 0 Å². The number of hydrogen-bond acceptors (Lipinski definition) is 1. The molecular weight excluding hydrogens is 357 g/mol. The van der Waals surface area contributed by atoms with Gasteiger partial charge in [-0.05, 0) is 79.7 Å². The Morgan fingerprint density at radius 3 is 2.31 bits per heavy atom. The van der Waals surface area contributed by atoms with Crippen molar-refractivity contribution in [2.24, 2.45) is 5.92 Å². The van der Waals surface area contributed by atoms with E-state index in [4.69, 9.17) is 0 Å². The topological polar surface area (TPSA) is 12.9 Å². The maximum Gasteiger partial charge on any atom is 0.132 e. The standard InChI is InChI=1S/C27H38FN/c1-3-5-6-7-8-9-10-22-13-17-25(26(28)19-22)27-18-16-24(20-29-27)23-14-11-21(4-2)12-15-23/h13,16-21,23H,3-12,14-15H2,1-2H3/t21-,23-. The minimum absolute atomic E-state index is 0.141. The van der Waals surface area contributed by atoms with Crippen molar-refractivity contribution in [3.05, 3.63) is 53.5 Å². The first-order valence-electron chi connectivity index (χ1n) is 12.0. The molecule has 1 aliphatic carbocycles. The van der Waals surface area contributed by atoms with E-state index in [0.29, 0.717) is 11.5 Å². The van der Waals surface area contributed by atoms with Crippen LogP contribution in [-0.2, 0) is 6.42 Å². The number of hydrogen-bond donors (Lipinski definition) is 0. The van der Waals surface area contributed by atoms with E-state index in [0.717, 1.165) is 30.0 Å². The molecule has 0 saturated heterocycles. The molecule has 0 atom stereocenters. The first-order valence-corrected chi connectivity index (χ1v) is 12.0. The Morgan fingerprint density at radius 2 is 1.66 bits per heavy atom. The molecule has 1 heterocycles. The van der Waals surface area contributed by atoms with E-state index in [1.165, 1.54) is 69.8 Å². The molecule has 1 aromatic carbocycles. The minimum Gasteiger partial charge on any atom is -0.256 e. The number of rotatable bonds is 10. The summed E-state index contributed by atoms with van der Waals surface area (Å²) < 4.78 is 14.7. The summed E-state index contributed by atoms with van der Waals surface area (Å²) in [7, 11) is 0. The average molecular weight is 396 g/mol. The summed E-state index contributed by atoms with van der Waals surface area (Å²) in [6.07, 6.45) is 17.1. The van der Waals surface area contributed by atoms with E-state index in [2.05, 4.69) is 31.0 Å². The van der Waals surface area contributed by atoms with Crippen molar-refractivity contribution in [3.63, 3.8) is 0 Å². The molecule has 1 aromatic heterocycles. The highest BCUT2D eigenvalue weighted by Crippen LogP contribution is 2.37. The molecule has 1 saturated carbocycles. The number of benzene rings is 1. The minimum atomic E-state index is -0.141.